The molecule has 0 amide bonds. The summed E-state index contributed by atoms with van der Waals surface area (Å²) in [6.07, 6.45) is 0. The first-order chi connectivity index (χ1) is 7.09. The minimum atomic E-state index is 0.255. The van der Waals surface area contributed by atoms with Gasteiger partial charge in [0.25, 0.3) is 0 Å². The van der Waals surface area contributed by atoms with Crippen LogP contribution in [0.5, 0.6) is 0 Å². The molecule has 0 aliphatic carbocycles. The predicted octanol–water partition coefficient (Wildman–Crippen LogP) is 4.80. The van der Waals surface area contributed by atoms with E-state index < -0.39 is 0 Å². The fourth-order valence-electron chi connectivity index (χ4n) is 0.830. The molecular weight excluding hydrogens is 196 g/mol. The van der Waals surface area contributed by atoms with Crippen molar-refractivity contribution in [3.63, 3.8) is 0 Å². The van der Waals surface area contributed by atoms with E-state index in [0.717, 1.165) is 13.1 Å². The van der Waals surface area contributed by atoms with Gasteiger partial charge in [-0.2, -0.15) is 10.2 Å². The summed E-state index contributed by atoms with van der Waals surface area (Å²) in [5.74, 6) is 1.29. The van der Waals surface area contributed by atoms with Crippen molar-refractivity contribution in [1.82, 2.24) is 0 Å². The number of hydrogen-bond acceptors (Lipinski definition) is 2. The molecule has 96 valence electrons. The Morgan fingerprint density at radius 3 is 1.12 bits per heavy atom. The van der Waals surface area contributed by atoms with Gasteiger partial charge in [-0.05, 0) is 22.7 Å². The van der Waals surface area contributed by atoms with E-state index in [1.165, 1.54) is 0 Å². The Kier molecular flexibility index (Phi) is 5.64. The lowest BCUT2D eigenvalue weighted by atomic mass is 9.81. The van der Waals surface area contributed by atoms with Gasteiger partial charge >= 0.3 is 0 Å². The highest BCUT2D eigenvalue weighted by atomic mass is 15.1. The van der Waals surface area contributed by atoms with Crippen molar-refractivity contribution in [3.8, 4) is 0 Å². The molecule has 0 aromatic rings. The van der Waals surface area contributed by atoms with Crippen molar-refractivity contribution in [1.29, 1.82) is 0 Å². The Hall–Kier alpha value is -0.400. The lowest BCUT2D eigenvalue weighted by molar-refractivity contribution is 0.242. The van der Waals surface area contributed by atoms with Crippen LogP contribution in [-0.2, 0) is 0 Å². The average Bonchev–Trinajstić information content (AvgIpc) is 2.12. The molecule has 0 aromatic carbocycles. The summed E-state index contributed by atoms with van der Waals surface area (Å²) in [6, 6.07) is 0. The number of azo groups is 1. The van der Waals surface area contributed by atoms with Crippen molar-refractivity contribution in [2.24, 2.45) is 32.9 Å². The van der Waals surface area contributed by atoms with E-state index in [2.05, 4.69) is 65.6 Å². The molecule has 0 fully saturated rings. The second-order valence-corrected chi connectivity index (χ2v) is 6.89. The minimum Gasteiger partial charge on any atom is -0.194 e. The maximum Gasteiger partial charge on any atom is 0.0652 e. The van der Waals surface area contributed by atoms with Gasteiger partial charge in [0.1, 0.15) is 0 Å². The monoisotopic (exact) mass is 226 g/mol. The number of hydrogen-bond donors (Lipinski definition) is 0. The van der Waals surface area contributed by atoms with Gasteiger partial charge in [-0.3, -0.25) is 0 Å². The molecule has 2 nitrogen and oxygen atoms in total. The van der Waals surface area contributed by atoms with Crippen LogP contribution < -0.4 is 0 Å². The van der Waals surface area contributed by atoms with Gasteiger partial charge < -0.3 is 0 Å². The van der Waals surface area contributed by atoms with Crippen LogP contribution in [0.15, 0.2) is 10.2 Å². The van der Waals surface area contributed by atoms with E-state index >= 15 is 0 Å². The first kappa shape index (κ1) is 15.6. The van der Waals surface area contributed by atoms with Gasteiger partial charge in [-0.25, -0.2) is 0 Å². The van der Waals surface area contributed by atoms with Crippen LogP contribution in [0, 0.1) is 22.7 Å². The molecule has 0 aromatic heterocycles. The summed E-state index contributed by atoms with van der Waals surface area (Å²) in [7, 11) is 0. The van der Waals surface area contributed by atoms with E-state index in [1.54, 1.807) is 0 Å². The molecule has 0 unspecified atom stereocenters. The van der Waals surface area contributed by atoms with Crippen molar-refractivity contribution in [3.05, 3.63) is 0 Å². The van der Waals surface area contributed by atoms with Gasteiger partial charge in [0.2, 0.25) is 0 Å². The third-order valence-electron chi connectivity index (χ3n) is 4.18. The molecule has 0 N–H and O–H groups in total. The maximum atomic E-state index is 4.36. The first-order valence-electron chi connectivity index (χ1n) is 6.43. The zero-order valence-corrected chi connectivity index (χ0v) is 12.5. The van der Waals surface area contributed by atoms with Gasteiger partial charge in [0.05, 0.1) is 13.1 Å². The van der Waals surface area contributed by atoms with Crippen LogP contribution >= 0.6 is 0 Å². The SMILES string of the molecule is CC(C)C(C)(C)CN=NCC(C)(C)C(C)C. The third kappa shape index (κ3) is 5.09. The normalized spacial score (nSPS) is 14.4. The highest BCUT2D eigenvalue weighted by molar-refractivity contribution is 4.76. The van der Waals surface area contributed by atoms with Crippen LogP contribution in [0.4, 0.5) is 0 Å². The van der Waals surface area contributed by atoms with Crippen molar-refractivity contribution in [2.75, 3.05) is 13.1 Å². The Labute approximate surface area is 102 Å². The molecule has 0 saturated carbocycles. The summed E-state index contributed by atoms with van der Waals surface area (Å²) in [5.41, 5.74) is 0.511. The summed E-state index contributed by atoms with van der Waals surface area (Å²) in [4.78, 5) is 0. The van der Waals surface area contributed by atoms with Gasteiger partial charge in [-0.15, -0.1) is 0 Å². The van der Waals surface area contributed by atoms with Crippen LogP contribution in [0.2, 0.25) is 0 Å². The summed E-state index contributed by atoms with van der Waals surface area (Å²) in [5, 5.41) is 8.71. The quantitative estimate of drug-likeness (QED) is 0.581. The first-order valence-corrected chi connectivity index (χ1v) is 6.43. The smallest absolute Gasteiger partial charge is 0.0652 e. The topological polar surface area (TPSA) is 24.7 Å². The summed E-state index contributed by atoms with van der Waals surface area (Å²) >= 11 is 0. The fraction of sp³-hybridized carbons (Fsp3) is 1.00. The number of rotatable bonds is 6. The highest BCUT2D eigenvalue weighted by Crippen LogP contribution is 2.28. The summed E-state index contributed by atoms with van der Waals surface area (Å²) < 4.78 is 0. The zero-order valence-electron chi connectivity index (χ0n) is 12.5. The van der Waals surface area contributed by atoms with Crippen molar-refractivity contribution in [2.45, 2.75) is 55.4 Å². The van der Waals surface area contributed by atoms with E-state index in [1.807, 2.05) is 0 Å². The molecule has 0 aliphatic rings. The van der Waals surface area contributed by atoms with E-state index in [9.17, 15) is 0 Å². The van der Waals surface area contributed by atoms with Crippen LogP contribution in [-0.4, -0.2) is 13.1 Å². The van der Waals surface area contributed by atoms with Crippen LogP contribution in [0.25, 0.3) is 0 Å². The standard InChI is InChI=1S/C14H30N2/c1-11(2)13(5,6)9-15-16-10-14(7,8)12(3)4/h11-12H,9-10H2,1-8H3. The largest absolute Gasteiger partial charge is 0.194 e. The van der Waals surface area contributed by atoms with Crippen LogP contribution in [0.3, 0.4) is 0 Å². The van der Waals surface area contributed by atoms with E-state index in [-0.39, 0.29) is 10.8 Å². The molecule has 0 rings (SSSR count). The second-order valence-electron chi connectivity index (χ2n) is 6.89. The summed E-state index contributed by atoms with van der Waals surface area (Å²) in [6.45, 7) is 19.7. The molecule has 16 heavy (non-hydrogen) atoms. The Balaban J connectivity index is 4.14. The molecule has 0 bridgehead atoms. The van der Waals surface area contributed by atoms with E-state index in [0.29, 0.717) is 11.8 Å². The second kappa shape index (κ2) is 5.79. The predicted molar refractivity (Wildman–Crippen MR) is 71.8 cm³/mol. The molecular formula is C14H30N2. The molecule has 2 heteroatoms. The molecule has 0 spiro atoms. The van der Waals surface area contributed by atoms with Crippen LogP contribution in [0.1, 0.15) is 55.4 Å². The van der Waals surface area contributed by atoms with Gasteiger partial charge in [0, 0.05) is 0 Å². The molecule has 0 saturated heterocycles. The molecule has 0 atom stereocenters. The minimum absolute atomic E-state index is 0.255. The van der Waals surface area contributed by atoms with Crippen molar-refractivity contribution < 1.29 is 0 Å². The van der Waals surface area contributed by atoms with Gasteiger partial charge in [-0.1, -0.05) is 55.4 Å². The zero-order chi connectivity index (χ0) is 13.0. The Bertz CT molecular complexity index is 201. The molecule has 0 heterocycles. The van der Waals surface area contributed by atoms with Gasteiger partial charge in [0.15, 0.2) is 0 Å². The highest BCUT2D eigenvalue weighted by Gasteiger charge is 2.23. The van der Waals surface area contributed by atoms with Crippen molar-refractivity contribution >= 4 is 0 Å². The molecule has 0 radical (unpaired) electrons. The molecule has 0 aliphatic heterocycles. The average molecular weight is 226 g/mol. The Morgan fingerprint density at radius 2 is 0.938 bits per heavy atom. The maximum absolute atomic E-state index is 4.36. The fourth-order valence-corrected chi connectivity index (χ4v) is 0.830. The lowest BCUT2D eigenvalue weighted by Crippen LogP contribution is -2.24. The third-order valence-corrected chi connectivity index (χ3v) is 4.18. The Morgan fingerprint density at radius 1 is 0.688 bits per heavy atom. The van der Waals surface area contributed by atoms with E-state index in [4.69, 9.17) is 0 Å². The number of nitrogens with zero attached hydrogens (tertiary/aromatic N) is 2. The lowest BCUT2D eigenvalue weighted by Gasteiger charge is -2.28.